The van der Waals surface area contributed by atoms with Crippen LogP contribution in [-0.4, -0.2) is 46.9 Å². The molecule has 102 valence electrons. The zero-order chi connectivity index (χ0) is 13.2. The van der Waals surface area contributed by atoms with Gasteiger partial charge in [-0.15, -0.1) is 0 Å². The lowest BCUT2D eigenvalue weighted by atomic mass is 9.85. The summed E-state index contributed by atoms with van der Waals surface area (Å²) in [5.74, 6) is 0. The van der Waals surface area contributed by atoms with Gasteiger partial charge in [-0.3, -0.25) is 4.68 Å². The minimum absolute atomic E-state index is 0.476. The van der Waals surface area contributed by atoms with Crippen LogP contribution >= 0.6 is 0 Å². The van der Waals surface area contributed by atoms with Gasteiger partial charge in [0, 0.05) is 52.3 Å². The average molecular weight is 254 g/mol. The Hall–Kier alpha value is -0.910. The smallest absolute Gasteiger partial charge is 0.0983 e. The molecule has 0 saturated carbocycles. The van der Waals surface area contributed by atoms with E-state index in [9.17, 15) is 5.11 Å². The second-order valence-corrected chi connectivity index (χ2v) is 5.00. The van der Waals surface area contributed by atoms with Crippen LogP contribution in [0.4, 0.5) is 0 Å². The predicted molar refractivity (Wildman–Crippen MR) is 67.4 cm³/mol. The van der Waals surface area contributed by atoms with Gasteiger partial charge in [-0.05, 0) is 13.0 Å². The third kappa shape index (κ3) is 2.58. The molecule has 1 aliphatic rings. The van der Waals surface area contributed by atoms with Crippen molar-refractivity contribution in [2.24, 2.45) is 7.05 Å². The van der Waals surface area contributed by atoms with Gasteiger partial charge >= 0.3 is 0 Å². The van der Waals surface area contributed by atoms with Crippen molar-refractivity contribution in [3.63, 3.8) is 0 Å². The van der Waals surface area contributed by atoms with Crippen LogP contribution in [0.25, 0.3) is 0 Å². The van der Waals surface area contributed by atoms with Gasteiger partial charge in [-0.1, -0.05) is 0 Å². The van der Waals surface area contributed by atoms with Crippen molar-refractivity contribution >= 4 is 0 Å². The number of aromatic nitrogens is 2. The Kier molecular flexibility index (Phi) is 4.04. The van der Waals surface area contributed by atoms with Crippen LogP contribution < -0.4 is 0 Å². The maximum absolute atomic E-state index is 10.5. The van der Waals surface area contributed by atoms with E-state index in [1.807, 2.05) is 24.7 Å². The number of nitrogens with zero attached hydrogens (tertiary/aromatic N) is 2. The quantitative estimate of drug-likeness (QED) is 0.864. The Morgan fingerprint density at radius 3 is 2.72 bits per heavy atom. The van der Waals surface area contributed by atoms with Crippen molar-refractivity contribution in [1.29, 1.82) is 0 Å². The van der Waals surface area contributed by atoms with E-state index in [-0.39, 0.29) is 0 Å². The molecule has 1 aromatic heterocycles. The number of ether oxygens (including phenoxy) is 2. The Bertz CT molecular complexity index is 397. The normalized spacial score (nSPS) is 20.9. The minimum Gasteiger partial charge on any atom is -0.390 e. The van der Waals surface area contributed by atoms with E-state index < -0.39 is 11.7 Å². The Balaban J connectivity index is 2.10. The van der Waals surface area contributed by atoms with Crippen molar-refractivity contribution in [2.45, 2.75) is 37.9 Å². The Labute approximate surface area is 108 Å². The number of aryl methyl sites for hydroxylation is 2. The summed E-state index contributed by atoms with van der Waals surface area (Å²) in [6, 6.07) is 2.01. The van der Waals surface area contributed by atoms with Crippen molar-refractivity contribution in [2.75, 3.05) is 20.3 Å². The third-order valence-electron chi connectivity index (χ3n) is 3.85. The zero-order valence-corrected chi connectivity index (χ0v) is 11.3. The van der Waals surface area contributed by atoms with Crippen LogP contribution in [0.15, 0.2) is 6.07 Å². The molecule has 0 bridgehead atoms. The summed E-state index contributed by atoms with van der Waals surface area (Å²) in [6.07, 6.45) is 1.51. The van der Waals surface area contributed by atoms with Crippen molar-refractivity contribution in [1.82, 2.24) is 9.78 Å². The molecule has 1 aromatic rings. The molecule has 1 fully saturated rings. The standard InChI is InChI=1S/C13H22N2O3/c1-10-8-11(15(2)14-10)9-12(16)13(17-3)4-6-18-7-5-13/h8,12,16H,4-7,9H2,1-3H3. The summed E-state index contributed by atoms with van der Waals surface area (Å²) in [5.41, 5.74) is 1.53. The highest BCUT2D eigenvalue weighted by Gasteiger charge is 2.40. The van der Waals surface area contributed by atoms with Gasteiger partial charge in [0.1, 0.15) is 0 Å². The maximum Gasteiger partial charge on any atom is 0.0983 e. The highest BCUT2D eigenvalue weighted by atomic mass is 16.5. The minimum atomic E-state index is -0.527. The fraction of sp³-hybridized carbons (Fsp3) is 0.769. The topological polar surface area (TPSA) is 56.5 Å². The first-order chi connectivity index (χ1) is 8.57. The van der Waals surface area contributed by atoms with Crippen LogP contribution in [0.1, 0.15) is 24.2 Å². The molecule has 1 atom stereocenters. The van der Waals surface area contributed by atoms with Crippen LogP contribution in [0.2, 0.25) is 0 Å². The molecule has 2 rings (SSSR count). The molecular weight excluding hydrogens is 232 g/mol. The summed E-state index contributed by atoms with van der Waals surface area (Å²) in [7, 11) is 3.57. The van der Waals surface area contributed by atoms with Gasteiger partial charge in [0.25, 0.3) is 0 Å². The monoisotopic (exact) mass is 254 g/mol. The van der Waals surface area contributed by atoms with Crippen molar-refractivity contribution in [3.8, 4) is 0 Å². The fourth-order valence-electron chi connectivity index (χ4n) is 2.63. The highest BCUT2D eigenvalue weighted by molar-refractivity contribution is 5.11. The molecule has 18 heavy (non-hydrogen) atoms. The number of rotatable bonds is 4. The lowest BCUT2D eigenvalue weighted by Gasteiger charge is -2.39. The second kappa shape index (κ2) is 5.38. The predicted octanol–water partition coefficient (Wildman–Crippen LogP) is 0.828. The van der Waals surface area contributed by atoms with Crippen LogP contribution in [-0.2, 0) is 22.9 Å². The van der Waals surface area contributed by atoms with Crippen molar-refractivity contribution in [3.05, 3.63) is 17.5 Å². The number of hydrogen-bond acceptors (Lipinski definition) is 4. The number of aliphatic hydroxyl groups is 1. The first-order valence-corrected chi connectivity index (χ1v) is 6.38. The van der Waals surface area contributed by atoms with E-state index in [0.717, 1.165) is 24.2 Å². The van der Waals surface area contributed by atoms with Crippen LogP contribution in [0, 0.1) is 6.92 Å². The summed E-state index contributed by atoms with van der Waals surface area (Å²) in [5, 5.41) is 14.8. The average Bonchev–Trinajstić information content (AvgIpc) is 2.68. The lowest BCUT2D eigenvalue weighted by Crippen LogP contribution is -2.49. The van der Waals surface area contributed by atoms with Gasteiger partial charge in [0.2, 0.25) is 0 Å². The van der Waals surface area contributed by atoms with E-state index >= 15 is 0 Å². The molecule has 0 amide bonds. The molecule has 5 heteroatoms. The Morgan fingerprint density at radius 2 is 2.22 bits per heavy atom. The van der Waals surface area contributed by atoms with Gasteiger partial charge < -0.3 is 14.6 Å². The fourth-order valence-corrected chi connectivity index (χ4v) is 2.63. The molecule has 0 aliphatic carbocycles. The third-order valence-corrected chi connectivity index (χ3v) is 3.85. The van der Waals surface area contributed by atoms with Crippen molar-refractivity contribution < 1.29 is 14.6 Å². The number of aliphatic hydroxyl groups excluding tert-OH is 1. The first-order valence-electron chi connectivity index (χ1n) is 6.38. The molecule has 5 nitrogen and oxygen atoms in total. The number of hydrogen-bond donors (Lipinski definition) is 1. The molecule has 0 radical (unpaired) electrons. The largest absolute Gasteiger partial charge is 0.390 e. The highest BCUT2D eigenvalue weighted by Crippen LogP contribution is 2.30. The van der Waals surface area contributed by atoms with Crippen LogP contribution in [0.5, 0.6) is 0 Å². The Morgan fingerprint density at radius 1 is 1.56 bits per heavy atom. The summed E-state index contributed by atoms with van der Waals surface area (Å²) in [6.45, 7) is 3.25. The molecule has 1 saturated heterocycles. The summed E-state index contributed by atoms with van der Waals surface area (Å²) >= 11 is 0. The SMILES string of the molecule is COC1(C(O)Cc2cc(C)nn2C)CCOCC1. The molecule has 1 N–H and O–H groups in total. The van der Waals surface area contributed by atoms with E-state index in [1.54, 1.807) is 7.11 Å². The van der Waals surface area contributed by atoms with E-state index in [1.165, 1.54) is 0 Å². The molecule has 1 aliphatic heterocycles. The zero-order valence-electron chi connectivity index (χ0n) is 11.3. The maximum atomic E-state index is 10.5. The van der Waals surface area contributed by atoms with Gasteiger partial charge in [0.05, 0.1) is 17.4 Å². The first kappa shape index (κ1) is 13.5. The van der Waals surface area contributed by atoms with Crippen LogP contribution in [0.3, 0.4) is 0 Å². The van der Waals surface area contributed by atoms with E-state index in [4.69, 9.17) is 9.47 Å². The molecule has 2 heterocycles. The second-order valence-electron chi connectivity index (χ2n) is 5.00. The molecule has 0 aromatic carbocycles. The van der Waals surface area contributed by atoms with Gasteiger partial charge in [0.15, 0.2) is 0 Å². The van der Waals surface area contributed by atoms with E-state index in [2.05, 4.69) is 5.10 Å². The lowest BCUT2D eigenvalue weighted by molar-refractivity contribution is -0.151. The number of methoxy groups -OCH3 is 1. The summed E-state index contributed by atoms with van der Waals surface area (Å²) < 4.78 is 12.8. The van der Waals surface area contributed by atoms with Gasteiger partial charge in [-0.25, -0.2) is 0 Å². The van der Waals surface area contributed by atoms with Gasteiger partial charge in [-0.2, -0.15) is 5.10 Å². The molecule has 0 spiro atoms. The molecule has 1 unspecified atom stereocenters. The van der Waals surface area contributed by atoms with E-state index in [0.29, 0.717) is 19.6 Å². The summed E-state index contributed by atoms with van der Waals surface area (Å²) in [4.78, 5) is 0. The molecular formula is C13H22N2O3.